The highest BCUT2D eigenvalue weighted by Crippen LogP contribution is 2.21. The number of piperidine rings is 1. The van der Waals surface area contributed by atoms with Crippen LogP contribution in [0.3, 0.4) is 0 Å². The van der Waals surface area contributed by atoms with E-state index >= 15 is 0 Å². The Morgan fingerprint density at radius 1 is 1.19 bits per heavy atom. The second-order valence-corrected chi connectivity index (χ2v) is 6.27. The van der Waals surface area contributed by atoms with Crippen LogP contribution in [0.4, 0.5) is 5.69 Å². The summed E-state index contributed by atoms with van der Waals surface area (Å²) in [6, 6.07) is 13.8. The highest BCUT2D eigenvalue weighted by molar-refractivity contribution is 5.88. The number of pyridine rings is 1. The number of rotatable bonds is 7. The molecule has 0 bridgehead atoms. The Labute approximate surface area is 165 Å². The van der Waals surface area contributed by atoms with Gasteiger partial charge in [-0.15, -0.1) is 12.4 Å². The van der Waals surface area contributed by atoms with Gasteiger partial charge in [0.1, 0.15) is 6.61 Å². The Balaban J connectivity index is 0.00000261. The van der Waals surface area contributed by atoms with Gasteiger partial charge in [-0.3, -0.25) is 9.78 Å². The van der Waals surface area contributed by atoms with Crippen LogP contribution in [0.2, 0.25) is 0 Å². The molecule has 0 saturated carbocycles. The molecule has 144 valence electrons. The number of carbonyl (C=O) groups excluding carboxylic acids is 2. The largest absolute Gasteiger partial charge is 0.460 e. The van der Waals surface area contributed by atoms with E-state index in [0.29, 0.717) is 12.1 Å². The molecule has 7 heteroatoms. The van der Waals surface area contributed by atoms with Crippen LogP contribution in [-0.2, 0) is 9.53 Å². The molecule has 1 aliphatic heterocycles. The molecule has 1 aliphatic rings. The third-order valence-corrected chi connectivity index (χ3v) is 4.67. The molecular weight excluding hydrogens is 366 g/mol. The van der Waals surface area contributed by atoms with E-state index in [1.807, 2.05) is 18.2 Å². The zero-order chi connectivity index (χ0) is 18.2. The number of anilines is 1. The van der Waals surface area contributed by atoms with Gasteiger partial charge in [0, 0.05) is 37.2 Å². The molecule has 1 amide bonds. The number of amides is 1. The summed E-state index contributed by atoms with van der Waals surface area (Å²) in [5.74, 6) is -0.414. The molecular formula is C20H24ClN3O3. The summed E-state index contributed by atoms with van der Waals surface area (Å²) in [7, 11) is 0. The maximum Gasteiger partial charge on any atom is 0.339 e. The Bertz CT molecular complexity index is 707. The number of hydrogen-bond acceptors (Lipinski definition) is 5. The van der Waals surface area contributed by atoms with Gasteiger partial charge in [-0.2, -0.15) is 0 Å². The van der Waals surface area contributed by atoms with Crippen LogP contribution in [0.25, 0.3) is 0 Å². The van der Waals surface area contributed by atoms with Crippen molar-refractivity contribution in [2.45, 2.75) is 18.9 Å². The van der Waals surface area contributed by atoms with Gasteiger partial charge in [-0.05, 0) is 37.1 Å². The summed E-state index contributed by atoms with van der Waals surface area (Å²) in [6.45, 7) is 2.42. The van der Waals surface area contributed by atoms with Crippen molar-refractivity contribution in [1.29, 1.82) is 0 Å². The first-order chi connectivity index (χ1) is 12.8. The van der Waals surface area contributed by atoms with Crippen molar-refractivity contribution in [2.24, 2.45) is 0 Å². The number of para-hydroxylation sites is 1. The van der Waals surface area contributed by atoms with E-state index in [1.165, 1.54) is 11.9 Å². The van der Waals surface area contributed by atoms with Crippen LogP contribution >= 0.6 is 12.4 Å². The van der Waals surface area contributed by atoms with Gasteiger partial charge < -0.3 is 14.5 Å². The van der Waals surface area contributed by atoms with Crippen LogP contribution in [0.5, 0.6) is 0 Å². The standard InChI is InChI=1S/C20H23N3O3.ClH/c24-16-23(13-14-26-20(25)17-5-4-10-21-15-17)19-8-11-22(12-9-19)18-6-2-1-3-7-18;/h1-7,10,15-16,19H,8-9,11-14H2;1H. The van der Waals surface area contributed by atoms with Gasteiger partial charge >= 0.3 is 5.97 Å². The Hall–Kier alpha value is -2.60. The first-order valence-corrected chi connectivity index (χ1v) is 8.86. The highest BCUT2D eigenvalue weighted by Gasteiger charge is 2.24. The molecule has 3 rings (SSSR count). The lowest BCUT2D eigenvalue weighted by molar-refractivity contribution is -0.121. The van der Waals surface area contributed by atoms with E-state index < -0.39 is 5.97 Å². The van der Waals surface area contributed by atoms with Crippen LogP contribution in [-0.4, -0.2) is 54.5 Å². The minimum Gasteiger partial charge on any atom is -0.460 e. The Kier molecular flexibility index (Phi) is 8.07. The first-order valence-electron chi connectivity index (χ1n) is 8.86. The molecule has 6 nitrogen and oxygen atoms in total. The van der Waals surface area contributed by atoms with Gasteiger partial charge in [-0.1, -0.05) is 18.2 Å². The van der Waals surface area contributed by atoms with Crippen molar-refractivity contribution in [3.63, 3.8) is 0 Å². The van der Waals surface area contributed by atoms with Crippen molar-refractivity contribution in [3.8, 4) is 0 Å². The summed E-state index contributed by atoms with van der Waals surface area (Å²) in [5.41, 5.74) is 1.63. The first kappa shape index (κ1) is 20.7. The number of nitrogens with zero attached hydrogens (tertiary/aromatic N) is 3. The van der Waals surface area contributed by atoms with Crippen molar-refractivity contribution in [2.75, 3.05) is 31.1 Å². The number of aromatic nitrogens is 1. The van der Waals surface area contributed by atoms with Gasteiger partial charge in [0.15, 0.2) is 0 Å². The maximum absolute atomic E-state index is 11.9. The summed E-state index contributed by atoms with van der Waals surface area (Å²) in [4.78, 5) is 31.4. The molecule has 2 heterocycles. The Morgan fingerprint density at radius 3 is 2.56 bits per heavy atom. The summed E-state index contributed by atoms with van der Waals surface area (Å²) in [6.07, 6.45) is 5.75. The molecule has 1 aromatic carbocycles. The molecule has 0 radical (unpaired) electrons. The lowest BCUT2D eigenvalue weighted by Crippen LogP contribution is -2.45. The number of ether oxygens (including phenoxy) is 1. The van der Waals surface area contributed by atoms with Crippen molar-refractivity contribution < 1.29 is 14.3 Å². The zero-order valence-corrected chi connectivity index (χ0v) is 15.9. The number of benzene rings is 1. The van der Waals surface area contributed by atoms with Gasteiger partial charge in [0.05, 0.1) is 12.1 Å². The molecule has 1 saturated heterocycles. The molecule has 0 spiro atoms. The average Bonchev–Trinajstić information content (AvgIpc) is 2.72. The fraction of sp³-hybridized carbons (Fsp3) is 0.350. The maximum atomic E-state index is 11.9. The molecule has 27 heavy (non-hydrogen) atoms. The minimum atomic E-state index is -0.414. The predicted octanol–water partition coefficient (Wildman–Crippen LogP) is 2.79. The Morgan fingerprint density at radius 2 is 1.93 bits per heavy atom. The fourth-order valence-electron chi connectivity index (χ4n) is 3.23. The van der Waals surface area contributed by atoms with E-state index in [-0.39, 0.29) is 25.1 Å². The van der Waals surface area contributed by atoms with Crippen LogP contribution < -0.4 is 4.90 Å². The van der Waals surface area contributed by atoms with Crippen molar-refractivity contribution in [3.05, 3.63) is 60.4 Å². The van der Waals surface area contributed by atoms with Gasteiger partial charge in [-0.25, -0.2) is 4.79 Å². The quantitative estimate of drug-likeness (QED) is 0.538. The normalized spacial score (nSPS) is 14.1. The third kappa shape index (κ3) is 5.69. The zero-order valence-electron chi connectivity index (χ0n) is 15.1. The number of halogens is 1. The minimum absolute atomic E-state index is 0. The van der Waals surface area contributed by atoms with E-state index in [4.69, 9.17) is 4.74 Å². The van der Waals surface area contributed by atoms with Gasteiger partial charge in [0.2, 0.25) is 6.41 Å². The fourth-order valence-corrected chi connectivity index (χ4v) is 3.23. The van der Waals surface area contributed by atoms with E-state index in [0.717, 1.165) is 32.3 Å². The molecule has 0 N–H and O–H groups in total. The van der Waals surface area contributed by atoms with Gasteiger partial charge in [0.25, 0.3) is 0 Å². The smallest absolute Gasteiger partial charge is 0.339 e. The lowest BCUT2D eigenvalue weighted by Gasteiger charge is -2.37. The molecule has 2 aromatic rings. The topological polar surface area (TPSA) is 62.7 Å². The average molecular weight is 390 g/mol. The lowest BCUT2D eigenvalue weighted by atomic mass is 10.0. The van der Waals surface area contributed by atoms with Crippen molar-refractivity contribution >= 4 is 30.5 Å². The number of esters is 1. The molecule has 0 atom stereocenters. The number of carbonyl (C=O) groups is 2. The van der Waals surface area contributed by atoms with E-state index in [9.17, 15) is 9.59 Å². The second-order valence-electron chi connectivity index (χ2n) is 6.27. The predicted molar refractivity (Wildman–Crippen MR) is 106 cm³/mol. The number of hydrogen-bond donors (Lipinski definition) is 0. The summed E-state index contributed by atoms with van der Waals surface area (Å²) < 4.78 is 5.25. The van der Waals surface area contributed by atoms with Crippen molar-refractivity contribution in [1.82, 2.24) is 9.88 Å². The highest BCUT2D eigenvalue weighted by atomic mass is 35.5. The monoisotopic (exact) mass is 389 g/mol. The SMILES string of the molecule is Cl.O=CN(CCOC(=O)c1cccnc1)C1CCN(c2ccccc2)CC1. The molecule has 0 unspecified atom stereocenters. The summed E-state index contributed by atoms with van der Waals surface area (Å²) in [5, 5.41) is 0. The summed E-state index contributed by atoms with van der Waals surface area (Å²) >= 11 is 0. The van der Waals surface area contributed by atoms with Crippen LogP contribution in [0, 0.1) is 0 Å². The molecule has 1 aromatic heterocycles. The third-order valence-electron chi connectivity index (χ3n) is 4.67. The van der Waals surface area contributed by atoms with E-state index in [1.54, 1.807) is 23.2 Å². The van der Waals surface area contributed by atoms with Crippen LogP contribution in [0.15, 0.2) is 54.9 Å². The molecule has 0 aliphatic carbocycles. The van der Waals surface area contributed by atoms with E-state index in [2.05, 4.69) is 22.0 Å². The van der Waals surface area contributed by atoms with Crippen LogP contribution in [0.1, 0.15) is 23.2 Å². The second kappa shape index (κ2) is 10.5. The molecule has 1 fully saturated rings.